The molecule has 0 bridgehead atoms. The Bertz CT molecular complexity index is 416. The Kier molecular flexibility index (Phi) is 3.43. The largest absolute Gasteiger partial charge is 0.496 e. The monoisotopic (exact) mass is 237 g/mol. The first kappa shape index (κ1) is 11.7. The summed E-state index contributed by atoms with van der Waals surface area (Å²) >= 11 is 0. The Morgan fingerprint density at radius 3 is 2.71 bits per heavy atom. The number of nitrogens with zero attached hydrogens (tertiary/aromatic N) is 2. The van der Waals surface area contributed by atoms with Crippen molar-refractivity contribution in [1.82, 2.24) is 5.32 Å². The van der Waals surface area contributed by atoms with E-state index in [0.717, 1.165) is 26.2 Å². The molecule has 0 atom stereocenters. The zero-order valence-electron chi connectivity index (χ0n) is 9.68. The molecule has 0 radical (unpaired) electrons. The van der Waals surface area contributed by atoms with Gasteiger partial charge in [-0.1, -0.05) is 0 Å². The number of benzene rings is 1. The first-order chi connectivity index (χ1) is 8.22. The van der Waals surface area contributed by atoms with Crippen LogP contribution in [0.1, 0.15) is 0 Å². The van der Waals surface area contributed by atoms with E-state index in [1.807, 2.05) is 4.90 Å². The molecule has 0 spiro atoms. The van der Waals surface area contributed by atoms with E-state index in [1.165, 1.54) is 13.2 Å². The third kappa shape index (κ3) is 2.47. The van der Waals surface area contributed by atoms with Gasteiger partial charge in [0.05, 0.1) is 18.1 Å². The molecule has 6 heteroatoms. The van der Waals surface area contributed by atoms with E-state index in [2.05, 4.69) is 5.32 Å². The van der Waals surface area contributed by atoms with E-state index in [4.69, 9.17) is 4.74 Å². The third-order valence-corrected chi connectivity index (χ3v) is 2.84. The average Bonchev–Trinajstić information content (AvgIpc) is 2.39. The van der Waals surface area contributed by atoms with Crippen LogP contribution < -0.4 is 15.0 Å². The molecule has 0 aliphatic carbocycles. The van der Waals surface area contributed by atoms with Gasteiger partial charge in [-0.3, -0.25) is 10.1 Å². The summed E-state index contributed by atoms with van der Waals surface area (Å²) in [4.78, 5) is 12.7. The molecule has 6 nitrogen and oxygen atoms in total. The summed E-state index contributed by atoms with van der Waals surface area (Å²) in [7, 11) is 1.50. The van der Waals surface area contributed by atoms with Gasteiger partial charge in [0.25, 0.3) is 5.69 Å². The Labute approximate surface area is 99.3 Å². The van der Waals surface area contributed by atoms with Gasteiger partial charge in [0.1, 0.15) is 11.4 Å². The number of anilines is 1. The molecule has 1 aromatic rings. The molecule has 0 saturated carbocycles. The number of piperazine rings is 1. The molecule has 1 aromatic carbocycles. The van der Waals surface area contributed by atoms with Crippen molar-refractivity contribution < 1.29 is 9.66 Å². The van der Waals surface area contributed by atoms with Crippen molar-refractivity contribution in [2.75, 3.05) is 38.2 Å². The quantitative estimate of drug-likeness (QED) is 0.627. The fraction of sp³-hybridized carbons (Fsp3) is 0.455. The molecule has 1 aliphatic rings. The van der Waals surface area contributed by atoms with Crippen LogP contribution in [0.15, 0.2) is 18.2 Å². The van der Waals surface area contributed by atoms with Gasteiger partial charge in [-0.25, -0.2) is 0 Å². The lowest BCUT2D eigenvalue weighted by Crippen LogP contribution is -2.43. The number of nitrogens with one attached hydrogen (secondary N) is 1. The highest BCUT2D eigenvalue weighted by molar-refractivity contribution is 5.65. The third-order valence-electron chi connectivity index (χ3n) is 2.84. The molecular formula is C11H15N3O3. The second-order valence-corrected chi connectivity index (χ2v) is 3.85. The lowest BCUT2D eigenvalue weighted by atomic mass is 10.2. The van der Waals surface area contributed by atoms with Gasteiger partial charge in [0.2, 0.25) is 0 Å². The summed E-state index contributed by atoms with van der Waals surface area (Å²) in [6.07, 6.45) is 0. The summed E-state index contributed by atoms with van der Waals surface area (Å²) in [5.74, 6) is 0.510. The number of methoxy groups -OCH3 is 1. The smallest absolute Gasteiger partial charge is 0.296 e. The van der Waals surface area contributed by atoms with Crippen LogP contribution in [0.3, 0.4) is 0 Å². The maximum atomic E-state index is 11.0. The van der Waals surface area contributed by atoms with Crippen LogP contribution in [0.4, 0.5) is 11.4 Å². The zero-order valence-corrected chi connectivity index (χ0v) is 9.68. The number of nitro groups is 1. The van der Waals surface area contributed by atoms with E-state index in [9.17, 15) is 10.1 Å². The molecule has 1 N–H and O–H groups in total. The van der Waals surface area contributed by atoms with E-state index in [-0.39, 0.29) is 10.6 Å². The molecule has 0 aromatic heterocycles. The predicted octanol–water partition coefficient (Wildman–Crippen LogP) is 1.01. The molecule has 2 rings (SSSR count). The normalized spacial score (nSPS) is 15.7. The van der Waals surface area contributed by atoms with Crippen LogP contribution in [0, 0.1) is 10.1 Å². The van der Waals surface area contributed by atoms with Crippen molar-refractivity contribution in [3.63, 3.8) is 0 Å². The van der Waals surface area contributed by atoms with Crippen molar-refractivity contribution in [3.8, 4) is 5.75 Å². The SMILES string of the molecule is COc1ccc(N2CCNCC2)c([N+](=O)[O-])c1. The van der Waals surface area contributed by atoms with Gasteiger partial charge in [0, 0.05) is 26.2 Å². The van der Waals surface area contributed by atoms with Crippen molar-refractivity contribution in [3.05, 3.63) is 28.3 Å². The van der Waals surface area contributed by atoms with Gasteiger partial charge in [-0.05, 0) is 12.1 Å². The van der Waals surface area contributed by atoms with Crippen molar-refractivity contribution >= 4 is 11.4 Å². The number of hydrogen-bond acceptors (Lipinski definition) is 5. The fourth-order valence-corrected chi connectivity index (χ4v) is 1.95. The second kappa shape index (κ2) is 5.01. The Balaban J connectivity index is 2.34. The summed E-state index contributed by atoms with van der Waals surface area (Å²) in [5.41, 5.74) is 0.767. The lowest BCUT2D eigenvalue weighted by molar-refractivity contribution is -0.384. The van der Waals surface area contributed by atoms with Crippen LogP contribution in [0.5, 0.6) is 5.75 Å². The van der Waals surface area contributed by atoms with Crippen LogP contribution in [-0.4, -0.2) is 38.2 Å². The minimum atomic E-state index is -0.361. The van der Waals surface area contributed by atoms with E-state index >= 15 is 0 Å². The van der Waals surface area contributed by atoms with Crippen LogP contribution in [-0.2, 0) is 0 Å². The summed E-state index contributed by atoms with van der Waals surface area (Å²) < 4.78 is 5.01. The van der Waals surface area contributed by atoms with Gasteiger partial charge >= 0.3 is 0 Å². The van der Waals surface area contributed by atoms with Gasteiger partial charge in [-0.2, -0.15) is 0 Å². The average molecular weight is 237 g/mol. The first-order valence-electron chi connectivity index (χ1n) is 5.50. The minimum absolute atomic E-state index is 0.103. The molecule has 92 valence electrons. The number of hydrogen-bond donors (Lipinski definition) is 1. The van der Waals surface area contributed by atoms with Crippen molar-refractivity contribution in [2.24, 2.45) is 0 Å². The van der Waals surface area contributed by atoms with Crippen LogP contribution in [0.2, 0.25) is 0 Å². The molecule has 1 aliphatic heterocycles. The minimum Gasteiger partial charge on any atom is -0.496 e. The Morgan fingerprint density at radius 1 is 1.41 bits per heavy atom. The second-order valence-electron chi connectivity index (χ2n) is 3.85. The van der Waals surface area contributed by atoms with E-state index in [1.54, 1.807) is 12.1 Å². The standard InChI is InChI=1S/C11H15N3O3/c1-17-9-2-3-10(11(8-9)14(15)16)13-6-4-12-5-7-13/h2-3,8,12H,4-7H2,1H3. The van der Waals surface area contributed by atoms with Crippen molar-refractivity contribution in [1.29, 1.82) is 0 Å². The van der Waals surface area contributed by atoms with Gasteiger partial charge < -0.3 is 15.0 Å². The maximum Gasteiger partial charge on any atom is 0.296 e. The molecule has 1 saturated heterocycles. The number of rotatable bonds is 3. The predicted molar refractivity (Wildman–Crippen MR) is 64.7 cm³/mol. The highest BCUT2D eigenvalue weighted by Crippen LogP contribution is 2.32. The van der Waals surface area contributed by atoms with E-state index in [0.29, 0.717) is 11.4 Å². The molecule has 0 unspecified atom stereocenters. The molecule has 1 fully saturated rings. The molecule has 1 heterocycles. The summed E-state index contributed by atoms with van der Waals surface area (Å²) in [6, 6.07) is 4.98. The topological polar surface area (TPSA) is 67.6 Å². The molecule has 0 amide bonds. The Morgan fingerprint density at radius 2 is 2.12 bits per heavy atom. The van der Waals surface area contributed by atoms with Gasteiger partial charge in [0.15, 0.2) is 0 Å². The lowest BCUT2D eigenvalue weighted by Gasteiger charge is -2.29. The molecular weight excluding hydrogens is 222 g/mol. The van der Waals surface area contributed by atoms with Gasteiger partial charge in [-0.15, -0.1) is 0 Å². The summed E-state index contributed by atoms with van der Waals surface area (Å²) in [6.45, 7) is 3.27. The fourth-order valence-electron chi connectivity index (χ4n) is 1.95. The highest BCUT2D eigenvalue weighted by atomic mass is 16.6. The number of nitro benzene ring substituents is 1. The van der Waals surface area contributed by atoms with Crippen molar-refractivity contribution in [2.45, 2.75) is 0 Å². The zero-order chi connectivity index (χ0) is 12.3. The number of ether oxygens (including phenoxy) is 1. The van der Waals surface area contributed by atoms with E-state index < -0.39 is 0 Å². The van der Waals surface area contributed by atoms with Crippen LogP contribution >= 0.6 is 0 Å². The Hall–Kier alpha value is -1.82. The maximum absolute atomic E-state index is 11.0. The van der Waals surface area contributed by atoms with Crippen LogP contribution in [0.25, 0.3) is 0 Å². The molecule has 17 heavy (non-hydrogen) atoms. The highest BCUT2D eigenvalue weighted by Gasteiger charge is 2.21. The summed E-state index contributed by atoms with van der Waals surface area (Å²) in [5, 5.41) is 14.3. The first-order valence-corrected chi connectivity index (χ1v) is 5.50.